The van der Waals surface area contributed by atoms with Crippen LogP contribution in [0.2, 0.25) is 5.02 Å². The highest BCUT2D eigenvalue weighted by Gasteiger charge is 2.12. The zero-order chi connectivity index (χ0) is 10.4. The molecule has 0 amide bonds. The fraction of sp³-hybridized carbons (Fsp3) is 0.300. The number of methoxy groups -OCH3 is 1. The average molecular weight is 212 g/mol. The van der Waals surface area contributed by atoms with Gasteiger partial charge in [-0.1, -0.05) is 29.8 Å². The molecule has 4 heteroatoms. The molecule has 3 nitrogen and oxygen atoms in total. The van der Waals surface area contributed by atoms with Gasteiger partial charge < -0.3 is 4.74 Å². The van der Waals surface area contributed by atoms with E-state index in [4.69, 9.17) is 16.3 Å². The van der Waals surface area contributed by atoms with Crippen LogP contribution in [-0.4, -0.2) is 19.7 Å². The summed E-state index contributed by atoms with van der Waals surface area (Å²) in [7, 11) is 1.55. The van der Waals surface area contributed by atoms with Crippen molar-refractivity contribution in [2.24, 2.45) is 4.99 Å². The van der Waals surface area contributed by atoms with E-state index in [1.165, 1.54) is 6.08 Å². The molecule has 0 N–H and O–H groups in total. The Morgan fingerprint density at radius 3 is 2.86 bits per heavy atom. The number of halogens is 1. The first-order chi connectivity index (χ1) is 6.79. The molecule has 0 aromatic heterocycles. The van der Waals surface area contributed by atoms with Crippen molar-refractivity contribution in [1.82, 2.24) is 0 Å². The Bertz CT molecular complexity index is 348. The molecule has 0 aliphatic heterocycles. The first-order valence-corrected chi connectivity index (χ1v) is 4.48. The lowest BCUT2D eigenvalue weighted by atomic mass is 10.1. The normalized spacial score (nSPS) is 11.9. The Labute approximate surface area is 87.4 Å². The molecule has 0 saturated heterocycles. The Hall–Kier alpha value is -1.15. The van der Waals surface area contributed by atoms with Crippen molar-refractivity contribution in [2.75, 3.05) is 13.7 Å². The minimum absolute atomic E-state index is 0.240. The fourth-order valence-electron chi connectivity index (χ4n) is 1.16. The highest BCUT2D eigenvalue weighted by Crippen LogP contribution is 2.24. The van der Waals surface area contributed by atoms with Crippen LogP contribution >= 0.6 is 11.6 Å². The van der Waals surface area contributed by atoms with Gasteiger partial charge in [0, 0.05) is 17.7 Å². The first kappa shape index (κ1) is 10.9. The first-order valence-electron chi connectivity index (χ1n) is 4.10. The zero-order valence-corrected chi connectivity index (χ0v) is 8.49. The van der Waals surface area contributed by atoms with Crippen molar-refractivity contribution >= 4 is 17.7 Å². The van der Waals surface area contributed by atoms with Gasteiger partial charge in [-0.15, -0.1) is 0 Å². The molecule has 1 atom stereocenters. The number of ether oxygens (including phenoxy) is 1. The maximum Gasteiger partial charge on any atom is 0.235 e. The third kappa shape index (κ3) is 2.67. The third-order valence-electron chi connectivity index (χ3n) is 1.86. The lowest BCUT2D eigenvalue weighted by molar-refractivity contribution is 0.111. The molecule has 0 spiro atoms. The number of aliphatic imine (C=N–C) groups is 1. The van der Waals surface area contributed by atoms with Gasteiger partial charge in [0.05, 0.1) is 6.54 Å². The molecule has 0 radical (unpaired) electrons. The predicted octanol–water partition coefficient (Wildman–Crippen LogP) is 2.36. The van der Waals surface area contributed by atoms with Gasteiger partial charge in [0.1, 0.15) is 6.10 Å². The quantitative estimate of drug-likeness (QED) is 0.567. The third-order valence-corrected chi connectivity index (χ3v) is 2.20. The van der Waals surface area contributed by atoms with Crippen molar-refractivity contribution in [1.29, 1.82) is 0 Å². The number of carbonyl (C=O) groups excluding carboxylic acids is 1. The van der Waals surface area contributed by atoms with Crippen molar-refractivity contribution in [3.63, 3.8) is 0 Å². The SMILES string of the molecule is COC(CN=C=O)c1ccccc1Cl. The van der Waals surface area contributed by atoms with Crippen LogP contribution in [0.15, 0.2) is 29.3 Å². The Morgan fingerprint density at radius 1 is 1.57 bits per heavy atom. The van der Waals surface area contributed by atoms with Crippen LogP contribution in [0.1, 0.15) is 11.7 Å². The van der Waals surface area contributed by atoms with Crippen LogP contribution in [-0.2, 0) is 9.53 Å². The van der Waals surface area contributed by atoms with Crippen LogP contribution in [0.25, 0.3) is 0 Å². The van der Waals surface area contributed by atoms with Gasteiger partial charge in [0.2, 0.25) is 6.08 Å². The monoisotopic (exact) mass is 211 g/mol. The topological polar surface area (TPSA) is 38.7 Å². The van der Waals surface area contributed by atoms with E-state index in [0.29, 0.717) is 5.02 Å². The number of hydrogen-bond donors (Lipinski definition) is 0. The molecule has 74 valence electrons. The summed E-state index contributed by atoms with van der Waals surface area (Å²) in [4.78, 5) is 13.4. The largest absolute Gasteiger partial charge is 0.375 e. The van der Waals surface area contributed by atoms with Gasteiger partial charge in [-0.2, -0.15) is 0 Å². The van der Waals surface area contributed by atoms with Crippen LogP contribution in [0, 0.1) is 0 Å². The smallest absolute Gasteiger partial charge is 0.235 e. The summed E-state index contributed by atoms with van der Waals surface area (Å²) in [5, 5.41) is 0.612. The predicted molar refractivity (Wildman–Crippen MR) is 54.2 cm³/mol. The van der Waals surface area contributed by atoms with Crippen LogP contribution in [0.3, 0.4) is 0 Å². The van der Waals surface area contributed by atoms with Crippen molar-refractivity contribution in [2.45, 2.75) is 6.10 Å². The van der Waals surface area contributed by atoms with Crippen LogP contribution in [0.5, 0.6) is 0 Å². The van der Waals surface area contributed by atoms with Gasteiger partial charge in [-0.3, -0.25) is 0 Å². The molecule has 0 aliphatic carbocycles. The molecule has 1 unspecified atom stereocenters. The molecule has 0 heterocycles. The lowest BCUT2D eigenvalue weighted by Gasteiger charge is -2.13. The van der Waals surface area contributed by atoms with Crippen molar-refractivity contribution in [3.05, 3.63) is 34.9 Å². The highest BCUT2D eigenvalue weighted by molar-refractivity contribution is 6.31. The van der Waals surface area contributed by atoms with Gasteiger partial charge in [0.25, 0.3) is 0 Å². The van der Waals surface area contributed by atoms with E-state index >= 15 is 0 Å². The molecule has 0 aliphatic rings. The summed E-state index contributed by atoms with van der Waals surface area (Å²) in [6.07, 6.45) is 1.19. The molecule has 0 saturated carbocycles. The number of rotatable bonds is 4. The second kappa shape index (κ2) is 5.55. The van der Waals surface area contributed by atoms with Crippen LogP contribution in [0.4, 0.5) is 0 Å². The van der Waals surface area contributed by atoms with Gasteiger partial charge in [-0.05, 0) is 6.07 Å². The fourth-order valence-corrected chi connectivity index (χ4v) is 1.41. The molecular formula is C10H10ClNO2. The number of benzene rings is 1. The van der Waals surface area contributed by atoms with E-state index in [0.717, 1.165) is 5.56 Å². The van der Waals surface area contributed by atoms with Gasteiger partial charge >= 0.3 is 0 Å². The minimum atomic E-state index is -0.287. The lowest BCUT2D eigenvalue weighted by Crippen LogP contribution is -2.05. The summed E-state index contributed by atoms with van der Waals surface area (Å²) in [6.45, 7) is 0.240. The Morgan fingerprint density at radius 2 is 2.29 bits per heavy atom. The zero-order valence-electron chi connectivity index (χ0n) is 7.74. The summed E-state index contributed by atoms with van der Waals surface area (Å²) in [5.41, 5.74) is 0.829. The van der Waals surface area contributed by atoms with Gasteiger partial charge in [0.15, 0.2) is 0 Å². The highest BCUT2D eigenvalue weighted by atomic mass is 35.5. The standard InChI is InChI=1S/C10H10ClNO2/c1-14-10(6-12-7-13)8-4-2-3-5-9(8)11/h2-5,10H,6H2,1H3. The Kier molecular flexibility index (Phi) is 4.33. The summed E-state index contributed by atoms with van der Waals surface area (Å²) >= 11 is 5.96. The van der Waals surface area contributed by atoms with E-state index in [1.54, 1.807) is 13.2 Å². The number of hydrogen-bond acceptors (Lipinski definition) is 3. The summed E-state index contributed by atoms with van der Waals surface area (Å²) in [5.74, 6) is 0. The molecule has 1 aromatic carbocycles. The maximum absolute atomic E-state index is 9.96. The average Bonchev–Trinajstić information content (AvgIpc) is 2.21. The van der Waals surface area contributed by atoms with E-state index in [-0.39, 0.29) is 12.6 Å². The molecule has 0 fully saturated rings. The van der Waals surface area contributed by atoms with Crippen LogP contribution < -0.4 is 0 Å². The minimum Gasteiger partial charge on any atom is -0.375 e. The van der Waals surface area contributed by atoms with Gasteiger partial charge in [-0.25, -0.2) is 9.79 Å². The molecule has 1 aromatic rings. The molecule has 0 bridgehead atoms. The summed E-state index contributed by atoms with van der Waals surface area (Å²) in [6, 6.07) is 7.31. The molecule has 14 heavy (non-hydrogen) atoms. The number of isocyanates is 1. The van der Waals surface area contributed by atoms with E-state index in [2.05, 4.69) is 4.99 Å². The van der Waals surface area contributed by atoms with E-state index in [1.807, 2.05) is 18.2 Å². The summed E-state index contributed by atoms with van der Waals surface area (Å²) < 4.78 is 5.16. The van der Waals surface area contributed by atoms with Crippen molar-refractivity contribution in [3.8, 4) is 0 Å². The second-order valence-corrected chi connectivity index (χ2v) is 3.09. The maximum atomic E-state index is 9.96. The second-order valence-electron chi connectivity index (χ2n) is 2.68. The molecule has 1 rings (SSSR count). The van der Waals surface area contributed by atoms with E-state index in [9.17, 15) is 4.79 Å². The Balaban J connectivity index is 2.88. The molecular weight excluding hydrogens is 202 g/mol. The number of nitrogens with zero attached hydrogens (tertiary/aromatic N) is 1. The van der Waals surface area contributed by atoms with E-state index < -0.39 is 0 Å². The van der Waals surface area contributed by atoms with Crippen molar-refractivity contribution < 1.29 is 9.53 Å².